The van der Waals surface area contributed by atoms with Crippen molar-refractivity contribution in [1.29, 1.82) is 0 Å². The van der Waals surface area contributed by atoms with Crippen molar-refractivity contribution in [2.24, 2.45) is 5.92 Å². The van der Waals surface area contributed by atoms with Crippen LogP contribution in [-0.4, -0.2) is 37.7 Å². The average Bonchev–Trinajstić information content (AvgIpc) is 2.59. The summed E-state index contributed by atoms with van der Waals surface area (Å²) in [5, 5.41) is 0. The van der Waals surface area contributed by atoms with Gasteiger partial charge >= 0.3 is 15.2 Å². The fourth-order valence-corrected chi connectivity index (χ4v) is 7.63. The van der Waals surface area contributed by atoms with Crippen LogP contribution in [0, 0.1) is 5.92 Å². The Bertz CT molecular complexity index is 451. The van der Waals surface area contributed by atoms with Gasteiger partial charge in [-0.25, -0.2) is 0 Å². The lowest BCUT2D eigenvalue weighted by Crippen LogP contribution is -2.21. The average molecular weight is 428 g/mol. The van der Waals surface area contributed by atoms with Gasteiger partial charge in [-0.05, 0) is 52.9 Å². The van der Waals surface area contributed by atoms with E-state index in [1.54, 1.807) is 0 Å². The third-order valence-corrected chi connectivity index (χ3v) is 10.3. The molecule has 0 aliphatic rings. The highest BCUT2D eigenvalue weighted by atomic mass is 31.2. The molecule has 27 heavy (non-hydrogen) atoms. The van der Waals surface area contributed by atoms with Crippen molar-refractivity contribution < 1.29 is 27.2 Å². The number of unbranched alkanes of at least 4 members (excludes halogenated alkanes) is 1. The number of hydrogen-bond donors (Lipinski definition) is 0. The molecule has 0 aliphatic heterocycles. The molecule has 0 bridgehead atoms. The number of rotatable bonds is 17. The standard InChI is InChI=1S/C19H42O6P2/c1-8-19(27(21,24-11-4)25-12-5)17(6)15-13-14-16-18(7)26(20,22-9-2)23-10-3/h17-19H,8-16H2,1-7H3. The molecule has 0 heterocycles. The van der Waals surface area contributed by atoms with Crippen molar-refractivity contribution in [2.45, 2.75) is 91.9 Å². The van der Waals surface area contributed by atoms with Crippen molar-refractivity contribution in [1.82, 2.24) is 0 Å². The van der Waals surface area contributed by atoms with E-state index in [1.807, 2.05) is 41.5 Å². The summed E-state index contributed by atoms with van der Waals surface area (Å²) in [6, 6.07) is 0. The first-order valence-corrected chi connectivity index (χ1v) is 13.7. The van der Waals surface area contributed by atoms with E-state index in [-0.39, 0.29) is 17.2 Å². The summed E-state index contributed by atoms with van der Waals surface area (Å²) in [5.41, 5.74) is -0.208. The molecule has 0 aromatic heterocycles. The van der Waals surface area contributed by atoms with Gasteiger partial charge in [0.15, 0.2) is 0 Å². The predicted octanol–water partition coefficient (Wildman–Crippen LogP) is 6.88. The molecule has 0 radical (unpaired) electrons. The lowest BCUT2D eigenvalue weighted by molar-refractivity contribution is 0.201. The Morgan fingerprint density at radius 1 is 0.667 bits per heavy atom. The summed E-state index contributed by atoms with van der Waals surface area (Å²) >= 11 is 0. The second-order valence-corrected chi connectivity index (χ2v) is 11.6. The van der Waals surface area contributed by atoms with E-state index in [0.29, 0.717) is 26.4 Å². The van der Waals surface area contributed by atoms with Gasteiger partial charge in [0, 0.05) is 0 Å². The van der Waals surface area contributed by atoms with E-state index in [0.717, 1.165) is 32.1 Å². The van der Waals surface area contributed by atoms with Gasteiger partial charge in [-0.2, -0.15) is 0 Å². The van der Waals surface area contributed by atoms with E-state index < -0.39 is 15.2 Å². The molecule has 0 saturated carbocycles. The fraction of sp³-hybridized carbons (Fsp3) is 1.00. The van der Waals surface area contributed by atoms with Gasteiger partial charge in [-0.1, -0.05) is 33.6 Å². The second kappa shape index (κ2) is 14.3. The lowest BCUT2D eigenvalue weighted by atomic mass is 9.98. The Morgan fingerprint density at radius 2 is 1.07 bits per heavy atom. The molecular formula is C19H42O6P2. The molecular weight excluding hydrogens is 386 g/mol. The molecule has 3 unspecified atom stereocenters. The molecule has 0 rings (SSSR count). The zero-order valence-corrected chi connectivity index (χ0v) is 20.2. The minimum absolute atomic E-state index is 0.0900. The van der Waals surface area contributed by atoms with Gasteiger partial charge in [-0.3, -0.25) is 9.13 Å². The van der Waals surface area contributed by atoms with Crippen LogP contribution in [0.5, 0.6) is 0 Å². The van der Waals surface area contributed by atoms with Gasteiger partial charge in [0.25, 0.3) is 0 Å². The first kappa shape index (κ1) is 27.3. The van der Waals surface area contributed by atoms with Crippen LogP contribution < -0.4 is 0 Å². The number of hydrogen-bond acceptors (Lipinski definition) is 6. The lowest BCUT2D eigenvalue weighted by Gasteiger charge is -2.30. The van der Waals surface area contributed by atoms with Gasteiger partial charge < -0.3 is 18.1 Å². The summed E-state index contributed by atoms with van der Waals surface area (Å²) in [4.78, 5) is 0. The second-order valence-electron chi connectivity index (χ2n) is 6.84. The summed E-state index contributed by atoms with van der Waals surface area (Å²) in [5.74, 6) is 0.236. The van der Waals surface area contributed by atoms with Gasteiger partial charge in [0.2, 0.25) is 0 Å². The van der Waals surface area contributed by atoms with Crippen LogP contribution in [0.4, 0.5) is 0 Å². The topological polar surface area (TPSA) is 71.1 Å². The highest BCUT2D eigenvalue weighted by Gasteiger charge is 2.37. The van der Waals surface area contributed by atoms with Crippen LogP contribution in [0.3, 0.4) is 0 Å². The van der Waals surface area contributed by atoms with Gasteiger partial charge in [0.1, 0.15) is 0 Å². The zero-order chi connectivity index (χ0) is 20.9. The third-order valence-electron chi connectivity index (χ3n) is 4.79. The first-order chi connectivity index (χ1) is 12.7. The summed E-state index contributed by atoms with van der Waals surface area (Å²) < 4.78 is 47.8. The molecule has 0 spiro atoms. The Labute approximate surface area is 167 Å². The van der Waals surface area contributed by atoms with Gasteiger partial charge in [-0.15, -0.1) is 0 Å². The van der Waals surface area contributed by atoms with E-state index in [9.17, 15) is 9.13 Å². The molecule has 0 fully saturated rings. The molecule has 0 saturated heterocycles. The molecule has 0 amide bonds. The zero-order valence-electron chi connectivity index (χ0n) is 18.4. The maximum Gasteiger partial charge on any atom is 0.333 e. The molecule has 164 valence electrons. The van der Waals surface area contributed by atoms with E-state index in [4.69, 9.17) is 18.1 Å². The largest absolute Gasteiger partial charge is 0.333 e. The fourth-order valence-electron chi connectivity index (χ4n) is 3.43. The van der Waals surface area contributed by atoms with Crippen molar-refractivity contribution >= 4 is 15.2 Å². The Hall–Kier alpha value is 0.300. The molecule has 0 aromatic carbocycles. The summed E-state index contributed by atoms with van der Waals surface area (Å²) in [6.07, 6.45) is 4.38. The minimum Gasteiger partial charge on any atom is -0.309 e. The van der Waals surface area contributed by atoms with Crippen molar-refractivity contribution in [3.63, 3.8) is 0 Å². The monoisotopic (exact) mass is 428 g/mol. The van der Waals surface area contributed by atoms with E-state index in [1.165, 1.54) is 0 Å². The minimum atomic E-state index is -3.08. The maximum absolute atomic E-state index is 13.1. The quantitative estimate of drug-likeness (QED) is 0.186. The normalized spacial score (nSPS) is 16.3. The van der Waals surface area contributed by atoms with Crippen LogP contribution in [0.25, 0.3) is 0 Å². The highest BCUT2D eigenvalue weighted by molar-refractivity contribution is 7.54. The predicted molar refractivity (Wildman–Crippen MR) is 113 cm³/mol. The molecule has 3 atom stereocenters. The Balaban J connectivity index is 4.65. The van der Waals surface area contributed by atoms with Crippen LogP contribution in [0.2, 0.25) is 0 Å². The van der Waals surface area contributed by atoms with Crippen molar-refractivity contribution in [3.05, 3.63) is 0 Å². The van der Waals surface area contributed by atoms with E-state index >= 15 is 0 Å². The van der Waals surface area contributed by atoms with Crippen LogP contribution in [0.1, 0.15) is 80.6 Å². The van der Waals surface area contributed by atoms with Crippen LogP contribution in [0.15, 0.2) is 0 Å². The van der Waals surface area contributed by atoms with E-state index in [2.05, 4.69) is 6.92 Å². The SMILES string of the molecule is CCOP(=O)(OCC)C(C)CCCCC(C)C(CC)P(=O)(OCC)OCC. The molecule has 0 aromatic rings. The van der Waals surface area contributed by atoms with Crippen LogP contribution >= 0.6 is 15.2 Å². The van der Waals surface area contributed by atoms with Crippen LogP contribution in [-0.2, 0) is 27.2 Å². The van der Waals surface area contributed by atoms with Crippen molar-refractivity contribution in [3.8, 4) is 0 Å². The van der Waals surface area contributed by atoms with Crippen molar-refractivity contribution in [2.75, 3.05) is 26.4 Å². The third kappa shape index (κ3) is 9.10. The molecule has 6 nitrogen and oxygen atoms in total. The Kier molecular flexibility index (Phi) is 14.5. The smallest absolute Gasteiger partial charge is 0.309 e. The molecule has 8 heteroatoms. The molecule has 0 N–H and O–H groups in total. The molecule has 0 aliphatic carbocycles. The van der Waals surface area contributed by atoms with Gasteiger partial charge in [0.05, 0.1) is 37.7 Å². The first-order valence-electron chi connectivity index (χ1n) is 10.5. The summed E-state index contributed by atoms with van der Waals surface area (Å²) in [6.45, 7) is 15.0. The summed E-state index contributed by atoms with van der Waals surface area (Å²) in [7, 11) is -6.11. The highest BCUT2D eigenvalue weighted by Crippen LogP contribution is 2.57. The Morgan fingerprint density at radius 3 is 1.48 bits per heavy atom. The maximum atomic E-state index is 13.1.